The van der Waals surface area contributed by atoms with E-state index in [1.165, 1.54) is 6.07 Å². The third-order valence-electron chi connectivity index (χ3n) is 4.09. The van der Waals surface area contributed by atoms with Crippen molar-refractivity contribution >= 4 is 17.6 Å². The monoisotopic (exact) mass is 400 g/mol. The third kappa shape index (κ3) is 5.16. The van der Waals surface area contributed by atoms with E-state index in [4.69, 9.17) is 21.1 Å². The SMILES string of the molecule is CCC(=O)Oc1cccc(C)c1COc1cc(Cl)c(CC)cc1C(F)(F)F. The van der Waals surface area contributed by atoms with E-state index < -0.39 is 17.7 Å². The molecule has 2 rings (SSSR count). The molecule has 0 fully saturated rings. The number of ether oxygens (including phenoxy) is 2. The van der Waals surface area contributed by atoms with Crippen LogP contribution in [0.2, 0.25) is 5.02 Å². The fourth-order valence-electron chi connectivity index (χ4n) is 2.51. The summed E-state index contributed by atoms with van der Waals surface area (Å²) in [6, 6.07) is 7.23. The Morgan fingerprint density at radius 1 is 1.15 bits per heavy atom. The first kappa shape index (κ1) is 21.1. The number of aryl methyl sites for hydroxylation is 2. The van der Waals surface area contributed by atoms with Crippen molar-refractivity contribution < 1.29 is 27.4 Å². The summed E-state index contributed by atoms with van der Waals surface area (Å²) in [5, 5.41) is 0.211. The number of carbonyl (C=O) groups excluding carboxylic acids is 1. The minimum absolute atomic E-state index is 0.181. The van der Waals surface area contributed by atoms with E-state index in [1.807, 2.05) is 0 Å². The van der Waals surface area contributed by atoms with Gasteiger partial charge in [-0.2, -0.15) is 13.2 Å². The van der Waals surface area contributed by atoms with Gasteiger partial charge in [-0.15, -0.1) is 0 Å². The van der Waals surface area contributed by atoms with Gasteiger partial charge in [-0.05, 0) is 42.7 Å². The van der Waals surface area contributed by atoms with Crippen molar-refractivity contribution in [2.24, 2.45) is 0 Å². The van der Waals surface area contributed by atoms with Crippen LogP contribution in [0.25, 0.3) is 0 Å². The topological polar surface area (TPSA) is 35.5 Å². The van der Waals surface area contributed by atoms with Gasteiger partial charge in [0.15, 0.2) is 0 Å². The molecule has 0 aliphatic rings. The van der Waals surface area contributed by atoms with Crippen molar-refractivity contribution in [2.75, 3.05) is 0 Å². The van der Waals surface area contributed by atoms with Crippen molar-refractivity contribution in [1.29, 1.82) is 0 Å². The minimum atomic E-state index is -4.58. The molecule has 7 heteroatoms. The molecule has 0 spiro atoms. The fraction of sp³-hybridized carbons (Fsp3) is 0.350. The molecule has 146 valence electrons. The summed E-state index contributed by atoms with van der Waals surface area (Å²) >= 11 is 6.07. The molecule has 0 saturated carbocycles. The Kier molecular flexibility index (Phi) is 6.76. The molecule has 2 aromatic carbocycles. The number of alkyl halides is 3. The first-order valence-electron chi connectivity index (χ1n) is 8.48. The van der Waals surface area contributed by atoms with Crippen LogP contribution in [0.1, 0.15) is 42.5 Å². The van der Waals surface area contributed by atoms with Gasteiger partial charge in [0.05, 0.1) is 5.56 Å². The zero-order valence-corrected chi connectivity index (χ0v) is 16.0. The number of rotatable bonds is 6. The lowest BCUT2D eigenvalue weighted by Crippen LogP contribution is -2.12. The van der Waals surface area contributed by atoms with E-state index in [-0.39, 0.29) is 29.5 Å². The lowest BCUT2D eigenvalue weighted by molar-refractivity contribution is -0.139. The number of hydrogen-bond acceptors (Lipinski definition) is 3. The zero-order valence-electron chi connectivity index (χ0n) is 15.2. The van der Waals surface area contributed by atoms with E-state index in [9.17, 15) is 18.0 Å². The highest BCUT2D eigenvalue weighted by atomic mass is 35.5. The Morgan fingerprint density at radius 3 is 2.44 bits per heavy atom. The maximum Gasteiger partial charge on any atom is 0.419 e. The summed E-state index contributed by atoms with van der Waals surface area (Å²) in [4.78, 5) is 11.6. The molecule has 0 unspecified atom stereocenters. The molecule has 0 bridgehead atoms. The summed E-state index contributed by atoms with van der Waals surface area (Å²) in [6.45, 7) is 4.95. The van der Waals surface area contributed by atoms with Gasteiger partial charge in [-0.25, -0.2) is 0 Å². The molecule has 0 heterocycles. The van der Waals surface area contributed by atoms with Gasteiger partial charge in [0, 0.05) is 17.0 Å². The summed E-state index contributed by atoms with van der Waals surface area (Å²) in [5.74, 6) is -0.527. The molecule has 27 heavy (non-hydrogen) atoms. The lowest BCUT2D eigenvalue weighted by Gasteiger charge is -2.18. The Morgan fingerprint density at radius 2 is 1.85 bits per heavy atom. The average molecular weight is 401 g/mol. The van der Waals surface area contributed by atoms with Crippen LogP contribution in [0.4, 0.5) is 13.2 Å². The van der Waals surface area contributed by atoms with Crippen LogP contribution in [0.3, 0.4) is 0 Å². The second-order valence-corrected chi connectivity index (χ2v) is 6.37. The van der Waals surface area contributed by atoms with E-state index in [1.54, 1.807) is 39.0 Å². The number of hydrogen-bond donors (Lipinski definition) is 0. The second kappa shape index (κ2) is 8.65. The summed E-state index contributed by atoms with van der Waals surface area (Å²) in [7, 11) is 0. The van der Waals surface area contributed by atoms with Crippen LogP contribution in [-0.2, 0) is 24.0 Å². The summed E-state index contributed by atoms with van der Waals surface area (Å²) in [6.07, 6.45) is -4.02. The number of halogens is 4. The van der Waals surface area contributed by atoms with Gasteiger partial charge < -0.3 is 9.47 Å². The number of esters is 1. The van der Waals surface area contributed by atoms with Crippen molar-refractivity contribution in [3.63, 3.8) is 0 Å². The molecule has 0 aliphatic carbocycles. The predicted molar refractivity (Wildman–Crippen MR) is 97.3 cm³/mol. The van der Waals surface area contributed by atoms with Gasteiger partial charge in [0.2, 0.25) is 0 Å². The zero-order chi connectivity index (χ0) is 20.2. The smallest absolute Gasteiger partial charge is 0.419 e. The Hall–Kier alpha value is -2.21. The standard InChI is InChI=1S/C20H20ClF3O3/c1-4-13-9-15(20(22,23)24)18(10-16(13)21)26-11-14-12(3)7-6-8-17(14)27-19(25)5-2/h6-10H,4-5,11H2,1-3H3. The predicted octanol–water partition coefficient (Wildman–Crippen LogP) is 6.12. The van der Waals surface area contributed by atoms with Gasteiger partial charge in [-0.1, -0.05) is 37.6 Å². The van der Waals surface area contributed by atoms with Crippen LogP contribution in [0, 0.1) is 6.92 Å². The van der Waals surface area contributed by atoms with E-state index in [0.29, 0.717) is 17.5 Å². The Balaban J connectivity index is 2.37. The van der Waals surface area contributed by atoms with Gasteiger partial charge in [0.1, 0.15) is 18.1 Å². The lowest BCUT2D eigenvalue weighted by atomic mass is 10.1. The normalized spacial score (nSPS) is 11.4. The van der Waals surface area contributed by atoms with E-state index in [0.717, 1.165) is 11.6 Å². The van der Waals surface area contributed by atoms with Gasteiger partial charge >= 0.3 is 12.1 Å². The Bertz CT molecular complexity index is 832. The second-order valence-electron chi connectivity index (χ2n) is 5.96. The van der Waals surface area contributed by atoms with E-state index >= 15 is 0 Å². The van der Waals surface area contributed by atoms with Gasteiger partial charge in [-0.3, -0.25) is 4.79 Å². The number of carbonyl (C=O) groups is 1. The van der Waals surface area contributed by atoms with Crippen molar-refractivity contribution in [2.45, 2.75) is 46.4 Å². The van der Waals surface area contributed by atoms with Crippen LogP contribution >= 0.6 is 11.6 Å². The first-order chi connectivity index (χ1) is 12.7. The molecular weight excluding hydrogens is 381 g/mol. The molecule has 0 atom stereocenters. The largest absolute Gasteiger partial charge is 0.488 e. The molecule has 0 N–H and O–H groups in total. The summed E-state index contributed by atoms with van der Waals surface area (Å²) < 4.78 is 50.9. The van der Waals surface area contributed by atoms with Crippen LogP contribution in [0.15, 0.2) is 30.3 Å². The fourth-order valence-corrected chi connectivity index (χ4v) is 2.80. The maximum absolute atomic E-state index is 13.4. The van der Waals surface area contributed by atoms with Crippen molar-refractivity contribution in [1.82, 2.24) is 0 Å². The highest BCUT2D eigenvalue weighted by Crippen LogP contribution is 2.40. The van der Waals surface area contributed by atoms with Crippen LogP contribution in [0.5, 0.6) is 11.5 Å². The molecule has 2 aromatic rings. The van der Waals surface area contributed by atoms with Crippen molar-refractivity contribution in [3.05, 3.63) is 57.6 Å². The van der Waals surface area contributed by atoms with Crippen molar-refractivity contribution in [3.8, 4) is 11.5 Å². The number of benzene rings is 2. The molecular formula is C20H20ClF3O3. The summed E-state index contributed by atoms with van der Waals surface area (Å²) in [5.41, 5.74) is 0.749. The molecule has 3 nitrogen and oxygen atoms in total. The van der Waals surface area contributed by atoms with Gasteiger partial charge in [0.25, 0.3) is 0 Å². The maximum atomic E-state index is 13.4. The first-order valence-corrected chi connectivity index (χ1v) is 8.86. The molecule has 0 radical (unpaired) electrons. The Labute approximate surface area is 161 Å². The quantitative estimate of drug-likeness (QED) is 0.432. The highest BCUT2D eigenvalue weighted by Gasteiger charge is 2.35. The van der Waals surface area contributed by atoms with Crippen LogP contribution < -0.4 is 9.47 Å². The van der Waals surface area contributed by atoms with Crippen LogP contribution in [-0.4, -0.2) is 5.97 Å². The molecule has 0 saturated heterocycles. The average Bonchev–Trinajstić information content (AvgIpc) is 2.60. The third-order valence-corrected chi connectivity index (χ3v) is 4.44. The highest BCUT2D eigenvalue weighted by molar-refractivity contribution is 6.31. The molecule has 0 amide bonds. The molecule has 0 aromatic heterocycles. The minimum Gasteiger partial charge on any atom is -0.488 e. The molecule has 0 aliphatic heterocycles. The van der Waals surface area contributed by atoms with E-state index in [2.05, 4.69) is 0 Å².